The highest BCUT2D eigenvalue weighted by Gasteiger charge is 2.48. The SMILES string of the molecule is COC(=O)[C@@]1(c2ccccc2)CCN(C(=O)c2cc3sccc3[nH]2)C1. The summed E-state index contributed by atoms with van der Waals surface area (Å²) in [6, 6.07) is 13.4. The van der Waals surface area contributed by atoms with Gasteiger partial charge in [0.25, 0.3) is 5.91 Å². The van der Waals surface area contributed by atoms with E-state index >= 15 is 0 Å². The van der Waals surface area contributed by atoms with Crippen molar-refractivity contribution < 1.29 is 14.3 Å². The number of carbonyl (C=O) groups excluding carboxylic acids is 2. The van der Waals surface area contributed by atoms with Crippen LogP contribution in [0.3, 0.4) is 0 Å². The number of methoxy groups -OCH3 is 1. The summed E-state index contributed by atoms with van der Waals surface area (Å²) in [5, 5.41) is 1.99. The van der Waals surface area contributed by atoms with Crippen molar-refractivity contribution in [1.82, 2.24) is 9.88 Å². The maximum Gasteiger partial charge on any atom is 0.318 e. The summed E-state index contributed by atoms with van der Waals surface area (Å²) in [6.45, 7) is 0.852. The van der Waals surface area contributed by atoms with E-state index in [4.69, 9.17) is 4.74 Å². The predicted molar refractivity (Wildman–Crippen MR) is 96.8 cm³/mol. The number of esters is 1. The molecule has 5 nitrogen and oxygen atoms in total. The normalized spacial score (nSPS) is 20.1. The quantitative estimate of drug-likeness (QED) is 0.735. The number of benzene rings is 1. The lowest BCUT2D eigenvalue weighted by Crippen LogP contribution is -2.41. The number of likely N-dealkylation sites (tertiary alicyclic amines) is 1. The number of nitrogens with one attached hydrogen (secondary N) is 1. The molecule has 1 N–H and O–H groups in total. The van der Waals surface area contributed by atoms with Gasteiger partial charge < -0.3 is 14.6 Å². The number of rotatable bonds is 3. The maximum atomic E-state index is 12.9. The minimum atomic E-state index is -0.796. The Morgan fingerprint density at radius 1 is 1.24 bits per heavy atom. The Kier molecular flexibility index (Phi) is 3.84. The largest absolute Gasteiger partial charge is 0.468 e. The van der Waals surface area contributed by atoms with Gasteiger partial charge in [0.15, 0.2) is 0 Å². The zero-order valence-electron chi connectivity index (χ0n) is 13.8. The van der Waals surface area contributed by atoms with Crippen LogP contribution in [0.1, 0.15) is 22.5 Å². The van der Waals surface area contributed by atoms with Gasteiger partial charge in [-0.25, -0.2) is 0 Å². The number of amides is 1. The van der Waals surface area contributed by atoms with Crippen molar-refractivity contribution in [2.45, 2.75) is 11.8 Å². The second-order valence-electron chi connectivity index (χ2n) is 6.30. The first-order valence-corrected chi connectivity index (χ1v) is 9.01. The highest BCUT2D eigenvalue weighted by atomic mass is 32.1. The van der Waals surface area contributed by atoms with Crippen LogP contribution in [0, 0.1) is 0 Å². The van der Waals surface area contributed by atoms with Crippen LogP contribution >= 0.6 is 11.3 Å². The van der Waals surface area contributed by atoms with Crippen LogP contribution in [0.4, 0.5) is 0 Å². The lowest BCUT2D eigenvalue weighted by molar-refractivity contribution is -0.147. The number of carbonyl (C=O) groups is 2. The number of thiophene rings is 1. The Labute approximate surface area is 149 Å². The first-order chi connectivity index (χ1) is 12.1. The summed E-state index contributed by atoms with van der Waals surface area (Å²) in [6.07, 6.45) is 0.560. The molecule has 1 aliphatic rings. The van der Waals surface area contributed by atoms with Crippen LogP contribution < -0.4 is 0 Å². The van der Waals surface area contributed by atoms with E-state index in [1.807, 2.05) is 47.8 Å². The Balaban J connectivity index is 1.64. The third-order valence-electron chi connectivity index (χ3n) is 4.93. The molecule has 25 heavy (non-hydrogen) atoms. The average molecular weight is 354 g/mol. The maximum absolute atomic E-state index is 12.9. The van der Waals surface area contributed by atoms with E-state index in [2.05, 4.69) is 4.98 Å². The Morgan fingerprint density at radius 3 is 2.76 bits per heavy atom. The van der Waals surface area contributed by atoms with E-state index in [1.54, 1.807) is 16.2 Å². The van der Waals surface area contributed by atoms with Crippen LogP contribution in [0.2, 0.25) is 0 Å². The number of aromatic nitrogens is 1. The second kappa shape index (κ2) is 6.04. The summed E-state index contributed by atoms with van der Waals surface area (Å²) in [4.78, 5) is 30.4. The smallest absolute Gasteiger partial charge is 0.318 e. The van der Waals surface area contributed by atoms with E-state index < -0.39 is 5.41 Å². The summed E-state index contributed by atoms with van der Waals surface area (Å²) in [5.41, 5.74) is 1.63. The number of fused-ring (bicyclic) bond motifs is 1. The lowest BCUT2D eigenvalue weighted by atomic mass is 9.79. The van der Waals surface area contributed by atoms with Crippen molar-refractivity contribution in [3.05, 3.63) is 59.1 Å². The Bertz CT molecular complexity index is 902. The minimum absolute atomic E-state index is 0.0786. The van der Waals surface area contributed by atoms with E-state index in [-0.39, 0.29) is 11.9 Å². The van der Waals surface area contributed by atoms with Crippen molar-refractivity contribution in [3.63, 3.8) is 0 Å². The van der Waals surface area contributed by atoms with Gasteiger partial charge in [0, 0.05) is 13.1 Å². The predicted octanol–water partition coefficient (Wildman–Crippen LogP) is 3.19. The molecule has 1 aromatic carbocycles. The van der Waals surface area contributed by atoms with Gasteiger partial charge in [-0.3, -0.25) is 9.59 Å². The molecule has 0 unspecified atom stereocenters. The number of aromatic amines is 1. The molecule has 128 valence electrons. The molecule has 3 aromatic rings. The van der Waals surface area contributed by atoms with Crippen molar-refractivity contribution in [2.24, 2.45) is 0 Å². The van der Waals surface area contributed by atoms with Gasteiger partial charge in [-0.15, -0.1) is 11.3 Å². The third kappa shape index (κ3) is 2.53. The van der Waals surface area contributed by atoms with Gasteiger partial charge in [-0.1, -0.05) is 30.3 Å². The Morgan fingerprint density at radius 2 is 2.04 bits per heavy atom. The fraction of sp³-hybridized carbons (Fsp3) is 0.263. The molecule has 0 aliphatic carbocycles. The lowest BCUT2D eigenvalue weighted by Gasteiger charge is -2.27. The molecule has 2 aromatic heterocycles. The zero-order valence-corrected chi connectivity index (χ0v) is 14.6. The summed E-state index contributed by atoms with van der Waals surface area (Å²) < 4.78 is 6.14. The summed E-state index contributed by atoms with van der Waals surface area (Å²) >= 11 is 1.60. The van der Waals surface area contributed by atoms with Gasteiger partial charge in [0.05, 0.1) is 17.3 Å². The zero-order chi connectivity index (χ0) is 17.4. The molecule has 1 fully saturated rings. The number of ether oxygens (including phenoxy) is 1. The van der Waals surface area contributed by atoms with Crippen molar-refractivity contribution in [3.8, 4) is 0 Å². The molecule has 0 spiro atoms. The molecule has 1 amide bonds. The molecule has 1 aliphatic heterocycles. The second-order valence-corrected chi connectivity index (χ2v) is 7.25. The number of hydrogen-bond acceptors (Lipinski definition) is 4. The molecule has 0 saturated carbocycles. The molecule has 0 radical (unpaired) electrons. The van der Waals surface area contributed by atoms with E-state index in [1.165, 1.54) is 7.11 Å². The highest BCUT2D eigenvalue weighted by molar-refractivity contribution is 7.17. The number of hydrogen-bond donors (Lipinski definition) is 1. The first kappa shape index (κ1) is 15.9. The molecule has 4 rings (SSSR count). The molecule has 3 heterocycles. The molecular formula is C19H18N2O3S. The van der Waals surface area contributed by atoms with Gasteiger partial charge in [0.2, 0.25) is 0 Å². The molecule has 6 heteroatoms. The van der Waals surface area contributed by atoms with E-state index in [0.717, 1.165) is 15.8 Å². The van der Waals surface area contributed by atoms with E-state index in [9.17, 15) is 9.59 Å². The summed E-state index contributed by atoms with van der Waals surface area (Å²) in [5.74, 6) is -0.369. The minimum Gasteiger partial charge on any atom is -0.468 e. The molecule has 0 bridgehead atoms. The van der Waals surface area contributed by atoms with Crippen molar-refractivity contribution in [1.29, 1.82) is 0 Å². The number of nitrogens with zero attached hydrogens (tertiary/aromatic N) is 1. The van der Waals surface area contributed by atoms with Crippen LogP contribution in [-0.2, 0) is 14.9 Å². The van der Waals surface area contributed by atoms with Crippen LogP contribution in [0.5, 0.6) is 0 Å². The standard InChI is InChI=1S/C19H18N2O3S/c1-24-18(23)19(13-5-3-2-4-6-13)8-9-21(12-19)17(22)15-11-16-14(20-15)7-10-25-16/h2-7,10-11,20H,8-9,12H2,1H3/t19-/m0/s1. The van der Waals surface area contributed by atoms with Gasteiger partial charge in [0.1, 0.15) is 11.1 Å². The monoisotopic (exact) mass is 354 g/mol. The number of H-pyrrole nitrogens is 1. The molecular weight excluding hydrogens is 336 g/mol. The van der Waals surface area contributed by atoms with Crippen LogP contribution in [-0.4, -0.2) is 42.0 Å². The van der Waals surface area contributed by atoms with Crippen LogP contribution in [0.15, 0.2) is 47.8 Å². The first-order valence-electron chi connectivity index (χ1n) is 8.13. The fourth-order valence-electron chi connectivity index (χ4n) is 3.59. The molecule has 1 saturated heterocycles. The average Bonchev–Trinajstić information content (AvgIpc) is 3.36. The van der Waals surface area contributed by atoms with E-state index in [0.29, 0.717) is 25.2 Å². The van der Waals surface area contributed by atoms with Crippen molar-refractivity contribution >= 4 is 33.4 Å². The van der Waals surface area contributed by atoms with Gasteiger partial charge >= 0.3 is 5.97 Å². The summed E-state index contributed by atoms with van der Waals surface area (Å²) in [7, 11) is 1.40. The third-order valence-corrected chi connectivity index (χ3v) is 5.79. The Hall–Kier alpha value is -2.60. The van der Waals surface area contributed by atoms with Gasteiger partial charge in [-0.2, -0.15) is 0 Å². The molecule has 1 atom stereocenters. The van der Waals surface area contributed by atoms with Crippen molar-refractivity contribution in [2.75, 3.05) is 20.2 Å². The topological polar surface area (TPSA) is 62.4 Å². The highest BCUT2D eigenvalue weighted by Crippen LogP contribution is 2.36. The van der Waals surface area contributed by atoms with Gasteiger partial charge in [-0.05, 0) is 29.5 Å². The fourth-order valence-corrected chi connectivity index (χ4v) is 4.37. The van der Waals surface area contributed by atoms with Crippen LogP contribution in [0.25, 0.3) is 10.2 Å².